The third kappa shape index (κ3) is 3.43. The van der Waals surface area contributed by atoms with Gasteiger partial charge >= 0.3 is 0 Å². The van der Waals surface area contributed by atoms with Gasteiger partial charge in [-0.1, -0.05) is 0 Å². The van der Waals surface area contributed by atoms with E-state index >= 15 is 0 Å². The van der Waals surface area contributed by atoms with Crippen molar-refractivity contribution >= 4 is 5.82 Å². The largest absolute Gasteiger partial charge is 0.487 e. The zero-order chi connectivity index (χ0) is 13.7. The maximum Gasteiger partial charge on any atom is 0.169 e. The molecule has 2 rings (SSSR count). The van der Waals surface area contributed by atoms with Crippen LogP contribution in [0.4, 0.5) is 5.82 Å². The lowest BCUT2D eigenvalue weighted by Crippen LogP contribution is -2.12. The number of anilines is 1. The summed E-state index contributed by atoms with van der Waals surface area (Å²) >= 11 is 0. The van der Waals surface area contributed by atoms with Gasteiger partial charge in [-0.05, 0) is 32.9 Å². The molecule has 6 heteroatoms. The van der Waals surface area contributed by atoms with E-state index in [-0.39, 0.29) is 6.10 Å². The molecule has 0 aliphatic rings. The van der Waals surface area contributed by atoms with Crippen molar-refractivity contribution in [1.29, 1.82) is 0 Å². The van der Waals surface area contributed by atoms with E-state index < -0.39 is 0 Å². The molecular formula is C13H19N5O. The van der Waals surface area contributed by atoms with Crippen LogP contribution in [0.15, 0.2) is 24.7 Å². The van der Waals surface area contributed by atoms with Crippen molar-refractivity contribution < 1.29 is 4.74 Å². The summed E-state index contributed by atoms with van der Waals surface area (Å²) in [6.07, 6.45) is 3.57. The zero-order valence-corrected chi connectivity index (χ0v) is 11.5. The number of hydrogen-bond donors (Lipinski definition) is 1. The number of hydrogen-bond acceptors (Lipinski definition) is 5. The summed E-state index contributed by atoms with van der Waals surface area (Å²) in [5.41, 5.74) is 0. The van der Waals surface area contributed by atoms with Gasteiger partial charge in [-0.3, -0.25) is 0 Å². The first kappa shape index (κ1) is 13.3. The maximum absolute atomic E-state index is 5.70. The molecule has 2 aromatic heterocycles. The summed E-state index contributed by atoms with van der Waals surface area (Å²) in [4.78, 5) is 4.29. The summed E-state index contributed by atoms with van der Waals surface area (Å²) < 4.78 is 7.69. The smallest absolute Gasteiger partial charge is 0.169 e. The molecule has 19 heavy (non-hydrogen) atoms. The molecule has 6 nitrogen and oxygen atoms in total. The van der Waals surface area contributed by atoms with Crippen LogP contribution in [0.2, 0.25) is 0 Å². The normalized spacial score (nSPS) is 10.7. The molecule has 0 amide bonds. The fourth-order valence-corrected chi connectivity index (χ4v) is 1.72. The molecule has 0 unspecified atom stereocenters. The second-order valence-corrected chi connectivity index (χ2v) is 4.40. The van der Waals surface area contributed by atoms with Crippen LogP contribution in [0.5, 0.6) is 5.75 Å². The zero-order valence-electron chi connectivity index (χ0n) is 11.5. The highest BCUT2D eigenvalue weighted by Crippen LogP contribution is 2.22. The number of aryl methyl sites for hydroxylation is 1. The molecule has 0 saturated heterocycles. The fourth-order valence-electron chi connectivity index (χ4n) is 1.72. The molecule has 0 aliphatic carbocycles. The highest BCUT2D eigenvalue weighted by molar-refractivity contribution is 5.49. The van der Waals surface area contributed by atoms with Crippen LogP contribution < -0.4 is 10.1 Å². The van der Waals surface area contributed by atoms with E-state index in [2.05, 4.69) is 27.4 Å². The first-order chi connectivity index (χ1) is 9.20. The minimum absolute atomic E-state index is 0.115. The minimum Gasteiger partial charge on any atom is -0.487 e. The second kappa shape index (κ2) is 6.17. The van der Waals surface area contributed by atoms with Gasteiger partial charge in [0.05, 0.1) is 12.6 Å². The van der Waals surface area contributed by atoms with Crippen LogP contribution in [-0.4, -0.2) is 25.9 Å². The van der Waals surface area contributed by atoms with Crippen molar-refractivity contribution in [2.75, 3.05) is 5.32 Å². The number of nitrogens with zero attached hydrogens (tertiary/aromatic N) is 4. The van der Waals surface area contributed by atoms with Crippen LogP contribution in [0.25, 0.3) is 0 Å². The van der Waals surface area contributed by atoms with E-state index in [1.54, 1.807) is 12.5 Å². The topological polar surface area (TPSA) is 64.9 Å². The Morgan fingerprint density at radius 3 is 3.00 bits per heavy atom. The van der Waals surface area contributed by atoms with Crippen LogP contribution in [-0.2, 0) is 13.1 Å². The van der Waals surface area contributed by atoms with Crippen molar-refractivity contribution in [1.82, 2.24) is 19.7 Å². The molecule has 2 aromatic rings. The van der Waals surface area contributed by atoms with E-state index in [0.29, 0.717) is 6.54 Å². The van der Waals surface area contributed by atoms with E-state index in [1.807, 2.05) is 30.5 Å². The van der Waals surface area contributed by atoms with Crippen molar-refractivity contribution in [3.8, 4) is 5.75 Å². The number of pyridine rings is 1. The van der Waals surface area contributed by atoms with Gasteiger partial charge in [-0.15, -0.1) is 10.2 Å². The lowest BCUT2D eigenvalue weighted by Gasteiger charge is -2.14. The van der Waals surface area contributed by atoms with Gasteiger partial charge < -0.3 is 14.6 Å². The van der Waals surface area contributed by atoms with E-state index in [9.17, 15) is 0 Å². The summed E-state index contributed by atoms with van der Waals surface area (Å²) in [7, 11) is 0. The Hall–Kier alpha value is -2.11. The molecule has 2 heterocycles. The van der Waals surface area contributed by atoms with Crippen LogP contribution in [0.1, 0.15) is 26.6 Å². The molecule has 102 valence electrons. The highest BCUT2D eigenvalue weighted by Gasteiger charge is 2.08. The second-order valence-electron chi connectivity index (χ2n) is 4.40. The summed E-state index contributed by atoms with van der Waals surface area (Å²) in [6, 6.07) is 3.76. The third-order valence-corrected chi connectivity index (χ3v) is 2.58. The first-order valence-corrected chi connectivity index (χ1v) is 6.43. The van der Waals surface area contributed by atoms with Crippen LogP contribution in [0, 0.1) is 0 Å². The molecule has 0 radical (unpaired) electrons. The number of nitrogens with one attached hydrogen (secondary N) is 1. The Balaban J connectivity index is 2.07. The van der Waals surface area contributed by atoms with Gasteiger partial charge in [-0.25, -0.2) is 4.98 Å². The lowest BCUT2D eigenvalue weighted by atomic mass is 10.4. The molecule has 0 atom stereocenters. The SMILES string of the molecule is CCn1cnnc1CNc1ncccc1OC(C)C. The Kier molecular flexibility index (Phi) is 4.33. The van der Waals surface area contributed by atoms with Gasteiger partial charge in [0.25, 0.3) is 0 Å². The van der Waals surface area contributed by atoms with Crippen molar-refractivity contribution in [3.05, 3.63) is 30.5 Å². The predicted octanol–water partition coefficient (Wildman–Crippen LogP) is 2.09. The molecule has 0 fully saturated rings. The van der Waals surface area contributed by atoms with Crippen LogP contribution in [0.3, 0.4) is 0 Å². The molecule has 0 aromatic carbocycles. The molecule has 1 N–H and O–H groups in total. The minimum atomic E-state index is 0.115. The Morgan fingerprint density at radius 1 is 1.42 bits per heavy atom. The number of ether oxygens (including phenoxy) is 1. The third-order valence-electron chi connectivity index (χ3n) is 2.58. The van der Waals surface area contributed by atoms with E-state index in [0.717, 1.165) is 23.9 Å². The van der Waals surface area contributed by atoms with Gasteiger partial charge in [0.2, 0.25) is 0 Å². The number of rotatable bonds is 6. The molecule has 0 saturated carbocycles. The van der Waals surface area contributed by atoms with Gasteiger partial charge in [0.15, 0.2) is 17.4 Å². The summed E-state index contributed by atoms with van der Waals surface area (Å²) in [6.45, 7) is 7.46. The van der Waals surface area contributed by atoms with E-state index in [1.165, 1.54) is 0 Å². The van der Waals surface area contributed by atoms with Crippen molar-refractivity contribution in [2.24, 2.45) is 0 Å². The Bertz CT molecular complexity index is 523. The predicted molar refractivity (Wildman–Crippen MR) is 73.0 cm³/mol. The standard InChI is InChI=1S/C13H19N5O/c1-4-18-9-16-17-12(18)8-15-13-11(19-10(2)3)6-5-7-14-13/h5-7,9-10H,4,8H2,1-3H3,(H,14,15). The fraction of sp³-hybridized carbons (Fsp3) is 0.462. The van der Waals surface area contributed by atoms with E-state index in [4.69, 9.17) is 4.74 Å². The van der Waals surface area contributed by atoms with Crippen molar-refractivity contribution in [2.45, 2.75) is 40.0 Å². The molecule has 0 spiro atoms. The van der Waals surface area contributed by atoms with Crippen LogP contribution >= 0.6 is 0 Å². The monoisotopic (exact) mass is 261 g/mol. The lowest BCUT2D eigenvalue weighted by molar-refractivity contribution is 0.243. The van der Waals surface area contributed by atoms with Crippen molar-refractivity contribution in [3.63, 3.8) is 0 Å². The van der Waals surface area contributed by atoms with Gasteiger partial charge in [0.1, 0.15) is 6.33 Å². The molecule has 0 bridgehead atoms. The Morgan fingerprint density at radius 2 is 2.26 bits per heavy atom. The number of aromatic nitrogens is 4. The summed E-state index contributed by atoms with van der Waals surface area (Å²) in [5, 5.41) is 11.2. The first-order valence-electron chi connectivity index (χ1n) is 6.43. The average Bonchev–Trinajstić information content (AvgIpc) is 2.84. The molecular weight excluding hydrogens is 242 g/mol. The maximum atomic E-state index is 5.70. The van der Waals surface area contributed by atoms with Gasteiger partial charge in [0, 0.05) is 12.7 Å². The highest BCUT2D eigenvalue weighted by atomic mass is 16.5. The van der Waals surface area contributed by atoms with Gasteiger partial charge in [-0.2, -0.15) is 0 Å². The Labute approximate surface area is 112 Å². The quantitative estimate of drug-likeness (QED) is 0.862. The summed E-state index contributed by atoms with van der Waals surface area (Å²) in [5.74, 6) is 2.35. The molecule has 0 aliphatic heterocycles. The average molecular weight is 261 g/mol.